The minimum Gasteiger partial charge on any atom is -0.367 e. The fourth-order valence-electron chi connectivity index (χ4n) is 0.590. The number of aliphatic hydroxyl groups excluding tert-OH is 1. The molecule has 4 heteroatoms. The highest BCUT2D eigenvalue weighted by molar-refractivity contribution is 4.51. The van der Waals surface area contributed by atoms with Crippen LogP contribution in [0.5, 0.6) is 0 Å². The molecule has 4 nitrogen and oxygen atoms in total. The van der Waals surface area contributed by atoms with Crippen LogP contribution in [-0.2, 0) is 0 Å². The van der Waals surface area contributed by atoms with E-state index in [1.165, 1.54) is 0 Å². The van der Waals surface area contributed by atoms with E-state index in [2.05, 4.69) is 0 Å². The molecule has 0 heterocycles. The van der Waals surface area contributed by atoms with Gasteiger partial charge in [-0.1, -0.05) is 0 Å². The van der Waals surface area contributed by atoms with Gasteiger partial charge in [-0.25, -0.2) is 0 Å². The van der Waals surface area contributed by atoms with Gasteiger partial charge in [0.15, 0.2) is 6.29 Å². The molecule has 0 radical (unpaired) electrons. The smallest absolute Gasteiger partial charge is 0.164 e. The van der Waals surface area contributed by atoms with Crippen molar-refractivity contribution in [2.24, 2.45) is 5.73 Å². The van der Waals surface area contributed by atoms with Gasteiger partial charge in [-0.15, -0.1) is 0 Å². The third-order valence-corrected chi connectivity index (χ3v) is 0.986. The number of hydrogen-bond acceptors (Lipinski definition) is 4. The molecule has 0 aromatic carbocycles. The molecule has 0 spiro atoms. The molecule has 0 unspecified atom stereocenters. The normalized spacial score (nSPS) is 11.3. The van der Waals surface area contributed by atoms with Crippen LogP contribution in [-0.4, -0.2) is 48.1 Å². The summed E-state index contributed by atoms with van der Waals surface area (Å²) in [6, 6.07) is 0. The molecule has 0 fully saturated rings. The molecule has 0 aliphatic carbocycles. The fraction of sp³-hybridized carbons (Fsp3) is 1.00. The zero-order valence-corrected chi connectivity index (χ0v) is 5.62. The van der Waals surface area contributed by atoms with Gasteiger partial charge >= 0.3 is 0 Å². The second-order valence-electron chi connectivity index (χ2n) is 2.03. The molecule has 0 saturated heterocycles. The molecule has 0 atom stereocenters. The summed E-state index contributed by atoms with van der Waals surface area (Å²) in [7, 11) is 1.78. The first-order valence-corrected chi connectivity index (χ1v) is 2.91. The summed E-state index contributed by atoms with van der Waals surface area (Å²) >= 11 is 0. The topological polar surface area (TPSA) is 69.7 Å². The average molecular weight is 134 g/mol. The van der Waals surface area contributed by atoms with Gasteiger partial charge in [0.25, 0.3) is 0 Å². The second kappa shape index (κ2) is 4.69. The molecule has 0 saturated carbocycles. The lowest BCUT2D eigenvalue weighted by Crippen LogP contribution is -2.32. The van der Waals surface area contributed by atoms with Crippen molar-refractivity contribution in [1.82, 2.24) is 4.90 Å². The van der Waals surface area contributed by atoms with E-state index >= 15 is 0 Å². The molecule has 0 aromatic heterocycles. The number of nitrogens with zero attached hydrogens (tertiary/aromatic N) is 1. The Hall–Kier alpha value is -0.160. The highest BCUT2D eigenvalue weighted by atomic mass is 16.5. The average Bonchev–Trinajstić information content (AvgIpc) is 1.63. The van der Waals surface area contributed by atoms with Gasteiger partial charge in [0.05, 0.1) is 0 Å². The Kier molecular flexibility index (Phi) is 4.61. The third-order valence-electron chi connectivity index (χ3n) is 0.986. The maximum absolute atomic E-state index is 8.42. The van der Waals surface area contributed by atoms with Gasteiger partial charge in [-0.3, -0.25) is 0 Å². The lowest BCUT2D eigenvalue weighted by Gasteiger charge is -2.15. The first kappa shape index (κ1) is 8.84. The highest BCUT2D eigenvalue weighted by Crippen LogP contribution is 1.82. The molecule has 0 rings (SSSR count). The number of hydrogen-bond donors (Lipinski definition) is 3. The summed E-state index contributed by atoms with van der Waals surface area (Å²) < 4.78 is 0. The first-order valence-electron chi connectivity index (χ1n) is 2.91. The van der Waals surface area contributed by atoms with Gasteiger partial charge in [0.2, 0.25) is 0 Å². The number of nitrogens with two attached hydrogens (primary N) is 1. The molecular formula is C5H14N2O2. The van der Waals surface area contributed by atoms with Crippen LogP contribution in [0.3, 0.4) is 0 Å². The van der Waals surface area contributed by atoms with Crippen LogP contribution in [0.1, 0.15) is 0 Å². The standard InChI is InChI=1S/C5H14N2O2/c1-7(3-2-6)4-5(8)9/h5,8-9H,2-4,6H2,1H3. The Morgan fingerprint density at radius 1 is 1.56 bits per heavy atom. The largest absolute Gasteiger partial charge is 0.367 e. The van der Waals surface area contributed by atoms with Crippen molar-refractivity contribution in [3.8, 4) is 0 Å². The van der Waals surface area contributed by atoms with Crippen LogP contribution in [0, 0.1) is 0 Å². The molecular weight excluding hydrogens is 120 g/mol. The molecule has 56 valence electrons. The van der Waals surface area contributed by atoms with Crippen molar-refractivity contribution in [3.05, 3.63) is 0 Å². The van der Waals surface area contributed by atoms with E-state index in [1.807, 2.05) is 0 Å². The maximum atomic E-state index is 8.42. The highest BCUT2D eigenvalue weighted by Gasteiger charge is 2.00. The van der Waals surface area contributed by atoms with Gasteiger partial charge in [0, 0.05) is 19.6 Å². The van der Waals surface area contributed by atoms with Crippen molar-refractivity contribution in [1.29, 1.82) is 0 Å². The summed E-state index contributed by atoms with van der Waals surface area (Å²) in [6.45, 7) is 1.50. The number of likely N-dealkylation sites (N-methyl/N-ethyl adjacent to an activating group) is 1. The van der Waals surface area contributed by atoms with E-state index in [-0.39, 0.29) is 6.54 Å². The molecule has 0 aliphatic rings. The maximum Gasteiger partial charge on any atom is 0.164 e. The van der Waals surface area contributed by atoms with Crippen LogP contribution in [0.2, 0.25) is 0 Å². The summed E-state index contributed by atoms with van der Waals surface area (Å²) in [5.74, 6) is 0. The van der Waals surface area contributed by atoms with Crippen molar-refractivity contribution >= 4 is 0 Å². The van der Waals surface area contributed by atoms with Crippen LogP contribution >= 0.6 is 0 Å². The number of rotatable bonds is 4. The lowest BCUT2D eigenvalue weighted by molar-refractivity contribution is -0.0567. The Bertz CT molecular complexity index is 68.0. The van der Waals surface area contributed by atoms with Crippen molar-refractivity contribution in [2.75, 3.05) is 26.7 Å². The second-order valence-corrected chi connectivity index (χ2v) is 2.03. The third kappa shape index (κ3) is 5.72. The predicted octanol–water partition coefficient (Wildman–Crippen LogP) is -1.81. The molecule has 0 amide bonds. The molecule has 0 aliphatic heterocycles. The van der Waals surface area contributed by atoms with E-state index < -0.39 is 6.29 Å². The minimum absolute atomic E-state index is 0.261. The lowest BCUT2D eigenvalue weighted by atomic mass is 10.5. The molecule has 0 aromatic rings. The predicted molar refractivity (Wildman–Crippen MR) is 34.8 cm³/mol. The first-order chi connectivity index (χ1) is 4.16. The Morgan fingerprint density at radius 3 is 2.44 bits per heavy atom. The van der Waals surface area contributed by atoms with E-state index in [0.717, 1.165) is 0 Å². The summed E-state index contributed by atoms with van der Waals surface area (Å²) in [5, 5.41) is 16.8. The minimum atomic E-state index is -1.25. The van der Waals surface area contributed by atoms with Crippen LogP contribution in [0.4, 0.5) is 0 Å². The van der Waals surface area contributed by atoms with E-state index in [4.69, 9.17) is 15.9 Å². The Morgan fingerprint density at radius 2 is 2.11 bits per heavy atom. The number of aliphatic hydroxyl groups is 2. The van der Waals surface area contributed by atoms with Crippen LogP contribution in [0.15, 0.2) is 0 Å². The molecule has 9 heavy (non-hydrogen) atoms. The van der Waals surface area contributed by atoms with Gasteiger partial charge in [-0.05, 0) is 7.05 Å². The quantitative estimate of drug-likeness (QED) is 0.396. The van der Waals surface area contributed by atoms with Crippen molar-refractivity contribution < 1.29 is 10.2 Å². The monoisotopic (exact) mass is 134 g/mol. The van der Waals surface area contributed by atoms with Crippen molar-refractivity contribution in [3.63, 3.8) is 0 Å². The van der Waals surface area contributed by atoms with Crippen LogP contribution in [0.25, 0.3) is 0 Å². The van der Waals surface area contributed by atoms with E-state index in [1.54, 1.807) is 11.9 Å². The van der Waals surface area contributed by atoms with E-state index in [9.17, 15) is 0 Å². The van der Waals surface area contributed by atoms with E-state index in [0.29, 0.717) is 13.1 Å². The Labute approximate surface area is 54.9 Å². The molecule has 4 N–H and O–H groups in total. The van der Waals surface area contributed by atoms with Gasteiger partial charge < -0.3 is 20.8 Å². The fourth-order valence-corrected chi connectivity index (χ4v) is 0.590. The Balaban J connectivity index is 3.15. The van der Waals surface area contributed by atoms with Gasteiger partial charge in [-0.2, -0.15) is 0 Å². The molecule has 0 bridgehead atoms. The summed E-state index contributed by atoms with van der Waals surface area (Å²) in [4.78, 5) is 1.75. The van der Waals surface area contributed by atoms with Crippen LogP contribution < -0.4 is 5.73 Å². The van der Waals surface area contributed by atoms with Crippen molar-refractivity contribution in [2.45, 2.75) is 6.29 Å². The zero-order valence-electron chi connectivity index (χ0n) is 5.62. The SMILES string of the molecule is CN(CCN)CC(O)O. The summed E-state index contributed by atoms with van der Waals surface area (Å²) in [5.41, 5.74) is 5.20. The summed E-state index contributed by atoms with van der Waals surface area (Å²) in [6.07, 6.45) is -1.25. The zero-order chi connectivity index (χ0) is 7.28. The van der Waals surface area contributed by atoms with Gasteiger partial charge in [0.1, 0.15) is 0 Å².